The average Bonchev–Trinajstić information content (AvgIpc) is 2.53. The molecule has 0 aromatic heterocycles. The molecule has 0 heterocycles. The van der Waals surface area contributed by atoms with Gasteiger partial charge in [0, 0.05) is 11.1 Å². The Balaban J connectivity index is 1.80. The molecule has 0 amide bonds. The molecule has 0 radical (unpaired) electrons. The molecule has 0 saturated carbocycles. The van der Waals surface area contributed by atoms with E-state index in [1.165, 1.54) is 0 Å². The number of rotatable bonds is 4. The first kappa shape index (κ1) is 19.0. The van der Waals surface area contributed by atoms with Crippen LogP contribution in [0.1, 0.15) is 30.0 Å². The van der Waals surface area contributed by atoms with Gasteiger partial charge in [-0.3, -0.25) is 0 Å². The summed E-state index contributed by atoms with van der Waals surface area (Å²) >= 11 is 5.98. The van der Waals surface area contributed by atoms with Gasteiger partial charge in [0.1, 0.15) is 5.75 Å². The van der Waals surface area contributed by atoms with Crippen molar-refractivity contribution in [3.63, 3.8) is 0 Å². The van der Waals surface area contributed by atoms with Gasteiger partial charge in [-0.05, 0) is 66.8 Å². The van der Waals surface area contributed by atoms with Crippen LogP contribution in [0.25, 0.3) is 0 Å². The fourth-order valence-electron chi connectivity index (χ4n) is 2.98. The minimum Gasteiger partial charge on any atom is -0.406 e. The van der Waals surface area contributed by atoms with E-state index in [0.717, 1.165) is 48.2 Å². The normalized spacial score (nSPS) is 17.6. The molecule has 0 fully saturated rings. The number of sulfonamides is 1. The van der Waals surface area contributed by atoms with E-state index in [9.17, 15) is 21.6 Å². The maximum atomic E-state index is 12.6. The molecular formula is C17H15ClF3NO3S. The zero-order chi connectivity index (χ0) is 18.9. The molecule has 1 atom stereocenters. The van der Waals surface area contributed by atoms with E-state index in [4.69, 9.17) is 11.6 Å². The van der Waals surface area contributed by atoms with E-state index in [1.54, 1.807) is 12.1 Å². The second-order valence-electron chi connectivity index (χ2n) is 5.93. The minimum absolute atomic E-state index is 0.131. The van der Waals surface area contributed by atoms with Crippen LogP contribution >= 0.6 is 11.6 Å². The Morgan fingerprint density at radius 3 is 2.46 bits per heavy atom. The number of halogens is 4. The minimum atomic E-state index is -4.83. The van der Waals surface area contributed by atoms with Crippen molar-refractivity contribution >= 4 is 21.6 Å². The topological polar surface area (TPSA) is 55.4 Å². The summed E-state index contributed by atoms with van der Waals surface area (Å²) < 4.78 is 68.1. The number of hydrogen-bond acceptors (Lipinski definition) is 3. The van der Waals surface area contributed by atoms with Gasteiger partial charge in [-0.25, -0.2) is 13.1 Å². The van der Waals surface area contributed by atoms with Gasteiger partial charge in [0.2, 0.25) is 10.0 Å². The second-order valence-corrected chi connectivity index (χ2v) is 8.08. The van der Waals surface area contributed by atoms with Crippen LogP contribution < -0.4 is 9.46 Å². The van der Waals surface area contributed by atoms with Gasteiger partial charge in [0.05, 0.1) is 4.90 Å². The van der Waals surface area contributed by atoms with Crippen LogP contribution in [0.15, 0.2) is 47.4 Å². The Bertz CT molecular complexity index is 898. The Morgan fingerprint density at radius 1 is 1.12 bits per heavy atom. The highest BCUT2D eigenvalue weighted by Crippen LogP contribution is 2.33. The lowest BCUT2D eigenvalue weighted by Gasteiger charge is -2.26. The lowest BCUT2D eigenvalue weighted by molar-refractivity contribution is -0.274. The summed E-state index contributed by atoms with van der Waals surface area (Å²) in [6.45, 7) is 0. The average molecular weight is 406 g/mol. The Kier molecular flexibility index (Phi) is 5.18. The fraction of sp³-hybridized carbons (Fsp3) is 0.294. The molecule has 1 aliphatic rings. The molecule has 1 aliphatic carbocycles. The number of fused-ring (bicyclic) bond motifs is 1. The van der Waals surface area contributed by atoms with Crippen molar-refractivity contribution < 1.29 is 26.3 Å². The molecular weight excluding hydrogens is 391 g/mol. The summed E-state index contributed by atoms with van der Waals surface area (Å²) in [5.41, 5.74) is 1.85. The summed E-state index contributed by atoms with van der Waals surface area (Å²) in [5.74, 6) is -0.478. The second kappa shape index (κ2) is 7.09. The first-order chi connectivity index (χ1) is 12.1. The quantitative estimate of drug-likeness (QED) is 0.809. The van der Waals surface area contributed by atoms with Crippen LogP contribution in [0.5, 0.6) is 5.75 Å². The third-order valence-electron chi connectivity index (χ3n) is 4.08. The van der Waals surface area contributed by atoms with E-state index >= 15 is 0 Å². The van der Waals surface area contributed by atoms with Crippen LogP contribution in [0.4, 0.5) is 13.2 Å². The molecule has 0 unspecified atom stereocenters. The molecule has 2 aromatic carbocycles. The number of hydrogen-bond donors (Lipinski definition) is 1. The molecule has 0 saturated heterocycles. The highest BCUT2D eigenvalue weighted by molar-refractivity contribution is 7.89. The highest BCUT2D eigenvalue weighted by atomic mass is 35.5. The number of nitrogens with one attached hydrogen (secondary N) is 1. The van der Waals surface area contributed by atoms with Crippen molar-refractivity contribution in [2.24, 2.45) is 0 Å². The monoisotopic (exact) mass is 405 g/mol. The molecule has 4 nitrogen and oxygen atoms in total. The van der Waals surface area contributed by atoms with Gasteiger partial charge in [-0.15, -0.1) is 13.2 Å². The smallest absolute Gasteiger partial charge is 0.406 e. The first-order valence-corrected chi connectivity index (χ1v) is 9.67. The SMILES string of the molecule is O=S(=O)(N[C@H]1CCCc2cc(Cl)ccc21)c1ccc(OC(F)(F)F)cc1. The Hall–Kier alpha value is -1.77. The highest BCUT2D eigenvalue weighted by Gasteiger charge is 2.31. The van der Waals surface area contributed by atoms with Gasteiger partial charge in [-0.2, -0.15) is 0 Å². The zero-order valence-electron chi connectivity index (χ0n) is 13.4. The van der Waals surface area contributed by atoms with E-state index in [1.807, 2.05) is 6.07 Å². The van der Waals surface area contributed by atoms with Crippen LogP contribution in [0, 0.1) is 0 Å². The molecule has 3 rings (SSSR count). The number of ether oxygens (including phenoxy) is 1. The molecule has 0 aliphatic heterocycles. The van der Waals surface area contributed by atoms with E-state index in [-0.39, 0.29) is 4.90 Å². The Morgan fingerprint density at radius 2 is 1.81 bits per heavy atom. The van der Waals surface area contributed by atoms with Crippen LogP contribution in [-0.2, 0) is 16.4 Å². The van der Waals surface area contributed by atoms with Crippen molar-refractivity contribution in [2.75, 3.05) is 0 Å². The lowest BCUT2D eigenvalue weighted by Crippen LogP contribution is -2.31. The van der Waals surface area contributed by atoms with Gasteiger partial charge in [0.25, 0.3) is 0 Å². The van der Waals surface area contributed by atoms with Crippen molar-refractivity contribution in [3.8, 4) is 5.75 Å². The predicted molar refractivity (Wildman–Crippen MR) is 90.6 cm³/mol. The largest absolute Gasteiger partial charge is 0.573 e. The van der Waals surface area contributed by atoms with Crippen molar-refractivity contribution in [1.82, 2.24) is 4.72 Å². The van der Waals surface area contributed by atoms with Crippen LogP contribution in [0.3, 0.4) is 0 Å². The molecule has 0 spiro atoms. The van der Waals surface area contributed by atoms with Gasteiger partial charge in [-0.1, -0.05) is 17.7 Å². The van der Waals surface area contributed by atoms with Gasteiger partial charge >= 0.3 is 6.36 Å². The van der Waals surface area contributed by atoms with Gasteiger partial charge in [0.15, 0.2) is 0 Å². The number of benzene rings is 2. The summed E-state index contributed by atoms with van der Waals surface area (Å²) in [6, 6.07) is 9.01. The van der Waals surface area contributed by atoms with Crippen LogP contribution in [0.2, 0.25) is 5.02 Å². The van der Waals surface area contributed by atoms with E-state index in [2.05, 4.69) is 9.46 Å². The summed E-state index contributed by atoms with van der Waals surface area (Å²) in [7, 11) is -3.89. The van der Waals surface area contributed by atoms with Crippen LogP contribution in [-0.4, -0.2) is 14.8 Å². The number of aryl methyl sites for hydroxylation is 1. The lowest BCUT2D eigenvalue weighted by atomic mass is 9.88. The molecule has 2 aromatic rings. The summed E-state index contributed by atoms with van der Waals surface area (Å²) in [6.07, 6.45) is -2.58. The molecule has 140 valence electrons. The van der Waals surface area contributed by atoms with Gasteiger partial charge < -0.3 is 4.74 Å². The van der Waals surface area contributed by atoms with E-state index < -0.39 is 28.2 Å². The summed E-state index contributed by atoms with van der Waals surface area (Å²) in [4.78, 5) is -0.131. The maximum absolute atomic E-state index is 12.6. The molecule has 26 heavy (non-hydrogen) atoms. The standard InChI is InChI=1S/C17H15ClF3NO3S/c18-12-4-9-15-11(10-12)2-1-3-16(15)22-26(23,24)14-7-5-13(6-8-14)25-17(19,20)21/h4-10,16,22H,1-3H2/t16-/m0/s1. The molecule has 9 heteroatoms. The third-order valence-corrected chi connectivity index (χ3v) is 5.81. The predicted octanol–water partition coefficient (Wildman–Crippen LogP) is 4.59. The summed E-state index contributed by atoms with van der Waals surface area (Å²) in [5, 5.41) is 0.590. The van der Waals surface area contributed by atoms with Crippen molar-refractivity contribution in [3.05, 3.63) is 58.6 Å². The number of alkyl halides is 3. The fourth-order valence-corrected chi connectivity index (χ4v) is 4.43. The first-order valence-electron chi connectivity index (χ1n) is 7.80. The Labute approximate surface area is 154 Å². The van der Waals surface area contributed by atoms with Crippen molar-refractivity contribution in [2.45, 2.75) is 36.6 Å². The van der Waals surface area contributed by atoms with Crippen molar-refractivity contribution in [1.29, 1.82) is 0 Å². The molecule has 0 bridgehead atoms. The third kappa shape index (κ3) is 4.49. The maximum Gasteiger partial charge on any atom is 0.573 e. The molecule has 1 N–H and O–H groups in total. The van der Waals surface area contributed by atoms with E-state index in [0.29, 0.717) is 11.4 Å². The zero-order valence-corrected chi connectivity index (χ0v) is 15.0.